The lowest BCUT2D eigenvalue weighted by atomic mass is 9.94. The second kappa shape index (κ2) is 9.88. The van der Waals surface area contributed by atoms with Gasteiger partial charge in [-0.2, -0.15) is 0 Å². The fourth-order valence-corrected chi connectivity index (χ4v) is 5.08. The van der Waals surface area contributed by atoms with Crippen LogP contribution in [-0.4, -0.2) is 73.1 Å². The minimum absolute atomic E-state index is 0.0891. The molecule has 2 amide bonds. The highest BCUT2D eigenvalue weighted by Gasteiger charge is 2.37. The average molecular weight is 418 g/mol. The monoisotopic (exact) mass is 417 g/mol. The Morgan fingerprint density at radius 3 is 2.47 bits per heavy atom. The van der Waals surface area contributed by atoms with Gasteiger partial charge in [0, 0.05) is 39.3 Å². The third-order valence-electron chi connectivity index (χ3n) is 6.74. The van der Waals surface area contributed by atoms with Crippen LogP contribution in [0.15, 0.2) is 24.3 Å². The van der Waals surface area contributed by atoms with Gasteiger partial charge in [-0.1, -0.05) is 25.0 Å². The number of hydrogen-bond acceptors (Lipinski definition) is 4. The minimum Gasteiger partial charge on any atom is -0.376 e. The van der Waals surface area contributed by atoms with Crippen molar-refractivity contribution in [1.82, 2.24) is 15.1 Å². The van der Waals surface area contributed by atoms with E-state index in [1.165, 1.54) is 25.0 Å². The third kappa shape index (κ3) is 4.83. The molecule has 1 aliphatic carbocycles. The summed E-state index contributed by atoms with van der Waals surface area (Å²) in [6.07, 6.45) is 6.69. The van der Waals surface area contributed by atoms with Gasteiger partial charge in [0.25, 0.3) is 5.91 Å². The Kier molecular flexibility index (Phi) is 7.00. The molecule has 0 bridgehead atoms. The highest BCUT2D eigenvalue weighted by molar-refractivity contribution is 5.94. The van der Waals surface area contributed by atoms with E-state index < -0.39 is 5.82 Å². The standard InChI is InChI=1S/C23H32FN3O3/c24-20-10-4-3-9-19(20)23(29)27-13-11-26(12-14-27)21(17-6-1-2-7-17)22(28)25-16-18-8-5-15-30-18/h3-4,9-10,17-18,21H,1-2,5-8,11-16H2,(H,25,28)/t18-,21+/m1/s1. The van der Waals surface area contributed by atoms with Gasteiger partial charge >= 0.3 is 0 Å². The van der Waals surface area contributed by atoms with Gasteiger partial charge in [0.15, 0.2) is 0 Å². The zero-order valence-electron chi connectivity index (χ0n) is 17.5. The Bertz CT molecular complexity index is 739. The maximum Gasteiger partial charge on any atom is 0.256 e. The fraction of sp³-hybridized carbons (Fsp3) is 0.652. The van der Waals surface area contributed by atoms with Gasteiger partial charge in [0.2, 0.25) is 5.91 Å². The molecule has 0 radical (unpaired) electrons. The topological polar surface area (TPSA) is 61.9 Å². The van der Waals surface area contributed by atoms with E-state index in [0.717, 1.165) is 32.3 Å². The van der Waals surface area contributed by atoms with E-state index in [2.05, 4.69) is 10.2 Å². The van der Waals surface area contributed by atoms with Crippen molar-refractivity contribution in [2.24, 2.45) is 5.92 Å². The van der Waals surface area contributed by atoms with Crippen LogP contribution in [0.1, 0.15) is 48.9 Å². The van der Waals surface area contributed by atoms with Crippen molar-refractivity contribution < 1.29 is 18.7 Å². The molecule has 3 aliphatic rings. The first-order valence-corrected chi connectivity index (χ1v) is 11.3. The molecule has 2 aliphatic heterocycles. The fourth-order valence-electron chi connectivity index (χ4n) is 5.08. The summed E-state index contributed by atoms with van der Waals surface area (Å²) in [6.45, 7) is 3.65. The number of halogens is 1. The molecule has 2 saturated heterocycles. The molecule has 3 fully saturated rings. The van der Waals surface area contributed by atoms with Gasteiger partial charge in [0.05, 0.1) is 17.7 Å². The van der Waals surface area contributed by atoms with Crippen molar-refractivity contribution >= 4 is 11.8 Å². The predicted molar refractivity (Wildman–Crippen MR) is 112 cm³/mol. The number of nitrogens with one attached hydrogen (secondary N) is 1. The molecule has 1 saturated carbocycles. The van der Waals surface area contributed by atoms with Gasteiger partial charge in [-0.15, -0.1) is 0 Å². The summed E-state index contributed by atoms with van der Waals surface area (Å²) in [5.74, 6) is -0.301. The average Bonchev–Trinajstić information content (AvgIpc) is 3.47. The number of nitrogens with zero attached hydrogens (tertiary/aromatic N) is 2. The highest BCUT2D eigenvalue weighted by Crippen LogP contribution is 2.31. The Hall–Kier alpha value is -1.99. The zero-order chi connectivity index (χ0) is 20.9. The van der Waals surface area contributed by atoms with Crippen molar-refractivity contribution in [2.45, 2.75) is 50.7 Å². The first-order valence-electron chi connectivity index (χ1n) is 11.3. The smallest absolute Gasteiger partial charge is 0.256 e. The van der Waals surface area contributed by atoms with E-state index in [-0.39, 0.29) is 29.5 Å². The SMILES string of the molecule is O=C(NC[C@H]1CCCO1)[C@H](C1CCCC1)N1CCN(C(=O)c2ccccc2F)CC1. The maximum atomic E-state index is 14.0. The molecule has 1 N–H and O–H groups in total. The van der Waals surface area contributed by atoms with Crippen LogP contribution in [0.3, 0.4) is 0 Å². The highest BCUT2D eigenvalue weighted by atomic mass is 19.1. The Balaban J connectivity index is 1.37. The predicted octanol–water partition coefficient (Wildman–Crippen LogP) is 2.44. The molecule has 1 aromatic rings. The van der Waals surface area contributed by atoms with E-state index in [4.69, 9.17) is 4.74 Å². The van der Waals surface area contributed by atoms with Gasteiger partial charge in [0.1, 0.15) is 5.82 Å². The van der Waals surface area contributed by atoms with Crippen LogP contribution in [-0.2, 0) is 9.53 Å². The van der Waals surface area contributed by atoms with Crippen molar-refractivity contribution in [1.29, 1.82) is 0 Å². The van der Waals surface area contributed by atoms with Crippen molar-refractivity contribution in [3.63, 3.8) is 0 Å². The molecule has 4 rings (SSSR count). The number of rotatable bonds is 6. The summed E-state index contributed by atoms with van der Waals surface area (Å²) >= 11 is 0. The Labute approximate surface area is 177 Å². The molecule has 0 unspecified atom stereocenters. The van der Waals surface area contributed by atoms with Crippen LogP contribution in [0, 0.1) is 11.7 Å². The molecule has 1 aromatic carbocycles. The quantitative estimate of drug-likeness (QED) is 0.772. The van der Waals surface area contributed by atoms with Gasteiger partial charge < -0.3 is 15.0 Å². The largest absolute Gasteiger partial charge is 0.376 e. The lowest BCUT2D eigenvalue weighted by Crippen LogP contribution is -2.58. The number of amides is 2. The molecule has 0 aromatic heterocycles. The number of benzene rings is 1. The number of carbonyl (C=O) groups is 2. The summed E-state index contributed by atoms with van der Waals surface area (Å²) in [7, 11) is 0. The second-order valence-electron chi connectivity index (χ2n) is 8.68. The molecular formula is C23H32FN3O3. The van der Waals surface area contributed by atoms with Crippen molar-refractivity contribution in [2.75, 3.05) is 39.3 Å². The first kappa shape index (κ1) is 21.2. The van der Waals surface area contributed by atoms with E-state index in [9.17, 15) is 14.0 Å². The van der Waals surface area contributed by atoms with E-state index in [1.807, 2.05) is 0 Å². The van der Waals surface area contributed by atoms with Gasteiger partial charge in [-0.3, -0.25) is 14.5 Å². The molecule has 30 heavy (non-hydrogen) atoms. The van der Waals surface area contributed by atoms with Crippen LogP contribution in [0.5, 0.6) is 0 Å². The summed E-state index contributed by atoms with van der Waals surface area (Å²) < 4.78 is 19.6. The number of piperazine rings is 1. The normalized spacial score (nSPS) is 24.2. The van der Waals surface area contributed by atoms with Crippen LogP contribution in [0.25, 0.3) is 0 Å². The van der Waals surface area contributed by atoms with Crippen molar-refractivity contribution in [3.05, 3.63) is 35.6 Å². The Morgan fingerprint density at radius 1 is 1.07 bits per heavy atom. The van der Waals surface area contributed by atoms with E-state index >= 15 is 0 Å². The van der Waals surface area contributed by atoms with Crippen molar-refractivity contribution in [3.8, 4) is 0 Å². The number of carbonyl (C=O) groups excluding carboxylic acids is 2. The number of ether oxygens (including phenoxy) is 1. The van der Waals surface area contributed by atoms with Crippen LogP contribution >= 0.6 is 0 Å². The molecule has 7 heteroatoms. The second-order valence-corrected chi connectivity index (χ2v) is 8.68. The van der Waals surface area contributed by atoms with Gasteiger partial charge in [-0.05, 0) is 43.7 Å². The molecule has 6 nitrogen and oxygen atoms in total. The summed E-state index contributed by atoms with van der Waals surface area (Å²) in [4.78, 5) is 29.8. The summed E-state index contributed by atoms with van der Waals surface area (Å²) in [5.41, 5.74) is 0.118. The zero-order valence-corrected chi connectivity index (χ0v) is 17.5. The first-order chi connectivity index (χ1) is 14.6. The maximum absolute atomic E-state index is 14.0. The van der Waals surface area contributed by atoms with Crippen LogP contribution < -0.4 is 5.32 Å². The van der Waals surface area contributed by atoms with Crippen LogP contribution in [0.2, 0.25) is 0 Å². The van der Waals surface area contributed by atoms with E-state index in [0.29, 0.717) is 38.6 Å². The molecule has 164 valence electrons. The minimum atomic E-state index is -0.484. The molecule has 2 heterocycles. The molecular weight excluding hydrogens is 385 g/mol. The third-order valence-corrected chi connectivity index (χ3v) is 6.74. The molecule has 0 spiro atoms. The molecule has 2 atom stereocenters. The summed E-state index contributed by atoms with van der Waals surface area (Å²) in [5, 5.41) is 3.13. The van der Waals surface area contributed by atoms with Gasteiger partial charge in [-0.25, -0.2) is 4.39 Å². The van der Waals surface area contributed by atoms with E-state index in [1.54, 1.807) is 17.0 Å². The van der Waals surface area contributed by atoms with Crippen LogP contribution in [0.4, 0.5) is 4.39 Å². The Morgan fingerprint density at radius 2 is 1.80 bits per heavy atom. The summed E-state index contributed by atoms with van der Waals surface area (Å²) in [6, 6.07) is 5.97. The lowest BCUT2D eigenvalue weighted by molar-refractivity contribution is -0.129. The number of hydrogen-bond donors (Lipinski definition) is 1. The lowest BCUT2D eigenvalue weighted by Gasteiger charge is -2.41.